The number of benzene rings is 1. The molecule has 0 aliphatic heterocycles. The molecule has 1 rings (SSSR count). The minimum atomic E-state index is -1.41. The molecule has 8 heteroatoms. The fourth-order valence-corrected chi connectivity index (χ4v) is 1.46. The number of rotatable bonds is 4. The first-order chi connectivity index (χ1) is 8.93. The molecule has 0 aromatic heterocycles. The molecule has 6 nitrogen and oxygen atoms in total. The van der Waals surface area contributed by atoms with Gasteiger partial charge in [-0.1, -0.05) is 23.2 Å². The van der Waals surface area contributed by atoms with E-state index in [-0.39, 0.29) is 6.54 Å². The summed E-state index contributed by atoms with van der Waals surface area (Å²) < 4.78 is 4.30. The number of methoxy groups -OCH3 is 1. The van der Waals surface area contributed by atoms with E-state index in [1.807, 2.05) is 0 Å². The minimum Gasteiger partial charge on any atom is -0.467 e. The highest BCUT2D eigenvalue weighted by Crippen LogP contribution is 2.24. The van der Waals surface area contributed by atoms with Gasteiger partial charge in [0.25, 0.3) is 0 Å². The average Bonchev–Trinajstić information content (AvgIpc) is 2.39. The smallest absolute Gasteiger partial charge is 0.336 e. The van der Waals surface area contributed by atoms with E-state index in [1.165, 1.54) is 12.1 Å². The first-order valence-electron chi connectivity index (χ1n) is 5.20. The molecule has 2 amide bonds. The number of halogens is 2. The van der Waals surface area contributed by atoms with Gasteiger partial charge in [0.1, 0.15) is 0 Å². The number of hydrogen-bond donors (Lipinski definition) is 3. The van der Waals surface area contributed by atoms with Gasteiger partial charge in [0.05, 0.1) is 23.7 Å². The van der Waals surface area contributed by atoms with Gasteiger partial charge in [0, 0.05) is 5.69 Å². The van der Waals surface area contributed by atoms with Crippen LogP contribution in [0.4, 0.5) is 10.5 Å². The first kappa shape index (κ1) is 15.6. The van der Waals surface area contributed by atoms with Crippen molar-refractivity contribution in [1.82, 2.24) is 5.32 Å². The zero-order valence-electron chi connectivity index (χ0n) is 9.94. The van der Waals surface area contributed by atoms with Crippen LogP contribution in [0.15, 0.2) is 18.2 Å². The summed E-state index contributed by atoms with van der Waals surface area (Å²) in [7, 11) is 1.14. The van der Waals surface area contributed by atoms with Crippen LogP contribution < -0.4 is 10.6 Å². The Hall–Kier alpha value is -1.50. The molecule has 0 aliphatic rings. The molecule has 1 aromatic carbocycles. The number of aliphatic hydroxyl groups excluding tert-OH is 1. The van der Waals surface area contributed by atoms with Gasteiger partial charge in [0.2, 0.25) is 0 Å². The topological polar surface area (TPSA) is 87.7 Å². The molecule has 0 saturated heterocycles. The molecule has 3 N–H and O–H groups in total. The molecule has 0 fully saturated rings. The second kappa shape index (κ2) is 7.18. The molecule has 19 heavy (non-hydrogen) atoms. The number of carbonyl (C=O) groups excluding carboxylic acids is 2. The van der Waals surface area contributed by atoms with Crippen molar-refractivity contribution >= 4 is 40.9 Å². The van der Waals surface area contributed by atoms with Crippen LogP contribution in [-0.4, -0.2) is 36.9 Å². The summed E-state index contributed by atoms with van der Waals surface area (Å²) in [6.07, 6.45) is -1.41. The van der Waals surface area contributed by atoms with Crippen LogP contribution in [-0.2, 0) is 9.53 Å². The Bertz CT molecular complexity index is 482. The van der Waals surface area contributed by atoms with Crippen molar-refractivity contribution in [2.45, 2.75) is 6.10 Å². The van der Waals surface area contributed by atoms with Crippen molar-refractivity contribution in [2.24, 2.45) is 0 Å². The fourth-order valence-electron chi connectivity index (χ4n) is 1.16. The Morgan fingerprint density at radius 2 is 2.05 bits per heavy atom. The van der Waals surface area contributed by atoms with Crippen LogP contribution in [0.25, 0.3) is 0 Å². The molecular formula is C11H12Cl2N2O4. The van der Waals surface area contributed by atoms with Gasteiger partial charge in [-0.05, 0) is 18.2 Å². The van der Waals surface area contributed by atoms with Crippen molar-refractivity contribution in [1.29, 1.82) is 0 Å². The lowest BCUT2D eigenvalue weighted by atomic mass is 10.3. The Balaban J connectivity index is 2.47. The summed E-state index contributed by atoms with van der Waals surface area (Å²) in [6.45, 7) is -0.264. The molecule has 0 aliphatic carbocycles. The van der Waals surface area contributed by atoms with E-state index in [0.717, 1.165) is 7.11 Å². The van der Waals surface area contributed by atoms with E-state index < -0.39 is 18.1 Å². The van der Waals surface area contributed by atoms with E-state index in [9.17, 15) is 14.7 Å². The van der Waals surface area contributed by atoms with Gasteiger partial charge < -0.3 is 20.5 Å². The molecule has 104 valence electrons. The lowest BCUT2D eigenvalue weighted by Gasteiger charge is -2.11. The van der Waals surface area contributed by atoms with Crippen molar-refractivity contribution in [2.75, 3.05) is 19.0 Å². The number of nitrogens with one attached hydrogen (secondary N) is 2. The zero-order chi connectivity index (χ0) is 14.4. The monoisotopic (exact) mass is 306 g/mol. The average molecular weight is 307 g/mol. The summed E-state index contributed by atoms with van der Waals surface area (Å²) in [6, 6.07) is 3.97. The number of esters is 1. The van der Waals surface area contributed by atoms with Gasteiger partial charge in [-0.3, -0.25) is 0 Å². The van der Waals surface area contributed by atoms with E-state index in [0.29, 0.717) is 15.7 Å². The van der Waals surface area contributed by atoms with Crippen LogP contribution in [0.3, 0.4) is 0 Å². The fraction of sp³-hybridized carbons (Fsp3) is 0.273. The SMILES string of the molecule is COC(=O)C(O)CNC(=O)Nc1ccc(Cl)c(Cl)c1. The van der Waals surface area contributed by atoms with Crippen molar-refractivity contribution in [3.8, 4) is 0 Å². The Labute approximate surface area is 119 Å². The summed E-state index contributed by atoms with van der Waals surface area (Å²) in [5, 5.41) is 14.7. The number of hydrogen-bond acceptors (Lipinski definition) is 4. The molecule has 1 aromatic rings. The molecular weight excluding hydrogens is 295 g/mol. The third-order valence-electron chi connectivity index (χ3n) is 2.11. The minimum absolute atomic E-state index is 0.264. The van der Waals surface area contributed by atoms with E-state index in [4.69, 9.17) is 23.2 Å². The van der Waals surface area contributed by atoms with Crippen molar-refractivity contribution in [3.05, 3.63) is 28.2 Å². The van der Waals surface area contributed by atoms with E-state index in [1.54, 1.807) is 6.07 Å². The highest BCUT2D eigenvalue weighted by atomic mass is 35.5. The molecule has 0 heterocycles. The third-order valence-corrected chi connectivity index (χ3v) is 2.85. The van der Waals surface area contributed by atoms with E-state index >= 15 is 0 Å². The van der Waals surface area contributed by atoms with Crippen LogP contribution in [0.2, 0.25) is 10.0 Å². The maximum atomic E-state index is 11.5. The maximum absolute atomic E-state index is 11.5. The predicted molar refractivity (Wildman–Crippen MR) is 71.5 cm³/mol. The molecule has 0 radical (unpaired) electrons. The third kappa shape index (κ3) is 4.94. The lowest BCUT2D eigenvalue weighted by molar-refractivity contribution is -0.149. The number of ether oxygens (including phenoxy) is 1. The predicted octanol–water partition coefficient (Wildman–Crippen LogP) is 1.65. The number of urea groups is 1. The Morgan fingerprint density at radius 3 is 2.63 bits per heavy atom. The zero-order valence-corrected chi connectivity index (χ0v) is 11.5. The van der Waals surface area contributed by atoms with Gasteiger partial charge >= 0.3 is 12.0 Å². The van der Waals surface area contributed by atoms with Crippen molar-refractivity contribution in [3.63, 3.8) is 0 Å². The Kier molecular flexibility index (Phi) is 5.88. The second-order valence-electron chi connectivity index (χ2n) is 3.50. The number of aliphatic hydroxyl groups is 1. The van der Waals surface area contributed by atoms with Gasteiger partial charge in [-0.15, -0.1) is 0 Å². The van der Waals surface area contributed by atoms with E-state index in [2.05, 4.69) is 15.4 Å². The van der Waals surface area contributed by atoms with Gasteiger partial charge in [-0.2, -0.15) is 0 Å². The van der Waals surface area contributed by atoms with Crippen LogP contribution in [0, 0.1) is 0 Å². The van der Waals surface area contributed by atoms with Crippen molar-refractivity contribution < 1.29 is 19.4 Å². The normalized spacial score (nSPS) is 11.6. The highest BCUT2D eigenvalue weighted by molar-refractivity contribution is 6.42. The standard InChI is InChI=1S/C11H12Cl2N2O4/c1-19-10(17)9(16)5-14-11(18)15-6-2-3-7(12)8(13)4-6/h2-4,9,16H,5H2,1H3,(H2,14,15,18). The van der Waals surface area contributed by atoms with Crippen LogP contribution in [0.1, 0.15) is 0 Å². The summed E-state index contributed by atoms with van der Waals surface area (Å²) >= 11 is 11.5. The largest absolute Gasteiger partial charge is 0.467 e. The summed E-state index contributed by atoms with van der Waals surface area (Å²) in [5.41, 5.74) is 0.430. The first-order valence-corrected chi connectivity index (χ1v) is 5.95. The second-order valence-corrected chi connectivity index (χ2v) is 4.32. The quantitative estimate of drug-likeness (QED) is 0.738. The molecule has 0 bridgehead atoms. The maximum Gasteiger partial charge on any atom is 0.336 e. The van der Waals surface area contributed by atoms with Gasteiger partial charge in [-0.25, -0.2) is 9.59 Å². The Morgan fingerprint density at radius 1 is 1.37 bits per heavy atom. The summed E-state index contributed by atoms with van der Waals surface area (Å²) in [4.78, 5) is 22.4. The number of anilines is 1. The molecule has 0 saturated carbocycles. The molecule has 1 unspecified atom stereocenters. The van der Waals surface area contributed by atoms with Gasteiger partial charge in [0.15, 0.2) is 6.10 Å². The van der Waals surface area contributed by atoms with Crippen LogP contribution >= 0.6 is 23.2 Å². The summed E-state index contributed by atoms with van der Waals surface area (Å²) in [5.74, 6) is -0.824. The highest BCUT2D eigenvalue weighted by Gasteiger charge is 2.16. The number of amides is 2. The molecule has 1 atom stereocenters. The lowest BCUT2D eigenvalue weighted by Crippen LogP contribution is -2.39. The molecule has 0 spiro atoms. The van der Waals surface area contributed by atoms with Crippen LogP contribution in [0.5, 0.6) is 0 Å². The number of carbonyl (C=O) groups is 2.